The number of hydrogen-bond donors (Lipinski definition) is 0. The minimum absolute atomic E-state index is 0.00710. The number of hydrogen-bond acceptors (Lipinski definition) is 4. The molecule has 0 aliphatic rings. The number of ketones is 1. The number of nitriles is 1. The second kappa shape index (κ2) is 6.48. The Morgan fingerprint density at radius 2 is 2.00 bits per heavy atom. The predicted octanol–water partition coefficient (Wildman–Crippen LogP) is 3.34. The van der Waals surface area contributed by atoms with Gasteiger partial charge >= 0.3 is 0 Å². The second-order valence-electron chi connectivity index (χ2n) is 4.36. The number of rotatable bonds is 5. The van der Waals surface area contributed by atoms with E-state index in [1.54, 1.807) is 18.3 Å². The molecule has 1 aromatic heterocycles. The number of nitrogens with zero attached hydrogens (tertiary/aromatic N) is 3. The fourth-order valence-electron chi connectivity index (χ4n) is 1.90. The summed E-state index contributed by atoms with van der Waals surface area (Å²) in [6.07, 6.45) is 1.98. The fraction of sp³-hybridized carbons (Fsp3) is 0.188. The molecule has 2 aromatic rings. The largest absolute Gasteiger partial charge is 0.325 e. The zero-order valence-electron chi connectivity index (χ0n) is 11.3. The second-order valence-corrected chi connectivity index (χ2v) is 4.36. The molecular formula is C16H15N3O. The molecule has 2 rings (SSSR count). The van der Waals surface area contributed by atoms with Gasteiger partial charge in [-0.1, -0.05) is 18.2 Å². The van der Waals surface area contributed by atoms with E-state index in [0.29, 0.717) is 18.5 Å². The molecule has 1 aromatic carbocycles. The van der Waals surface area contributed by atoms with Crippen LogP contribution in [0.25, 0.3) is 0 Å². The Balaban J connectivity index is 2.31. The van der Waals surface area contributed by atoms with Crippen molar-refractivity contribution in [1.29, 1.82) is 5.26 Å². The number of anilines is 2. The van der Waals surface area contributed by atoms with Crippen molar-refractivity contribution in [2.45, 2.75) is 13.3 Å². The van der Waals surface area contributed by atoms with Crippen molar-refractivity contribution in [3.05, 3.63) is 54.2 Å². The van der Waals surface area contributed by atoms with Crippen LogP contribution in [0.5, 0.6) is 0 Å². The Labute approximate surface area is 118 Å². The van der Waals surface area contributed by atoms with Crippen LogP contribution >= 0.6 is 0 Å². The predicted molar refractivity (Wildman–Crippen MR) is 77.9 cm³/mol. The summed E-state index contributed by atoms with van der Waals surface area (Å²) in [5.41, 5.74) is 1.56. The van der Waals surface area contributed by atoms with Crippen LogP contribution in [0.1, 0.15) is 23.7 Å². The van der Waals surface area contributed by atoms with E-state index >= 15 is 0 Å². The molecule has 0 saturated heterocycles. The quantitative estimate of drug-likeness (QED) is 0.778. The average Bonchev–Trinajstić information content (AvgIpc) is 2.49. The van der Waals surface area contributed by atoms with Crippen molar-refractivity contribution in [3.8, 4) is 6.07 Å². The lowest BCUT2D eigenvalue weighted by Gasteiger charge is -2.22. The van der Waals surface area contributed by atoms with Crippen molar-refractivity contribution in [2.75, 3.05) is 11.4 Å². The summed E-state index contributed by atoms with van der Waals surface area (Å²) in [6.45, 7) is 2.08. The van der Waals surface area contributed by atoms with Crippen molar-refractivity contribution in [2.24, 2.45) is 0 Å². The van der Waals surface area contributed by atoms with Crippen LogP contribution in [0.4, 0.5) is 11.5 Å². The molecule has 0 atom stereocenters. The summed E-state index contributed by atoms with van der Waals surface area (Å²) in [5, 5.41) is 8.78. The molecule has 0 spiro atoms. The van der Waals surface area contributed by atoms with E-state index in [1.165, 1.54) is 6.92 Å². The molecule has 4 nitrogen and oxygen atoms in total. The normalized spacial score (nSPS) is 9.80. The molecular weight excluding hydrogens is 250 g/mol. The molecule has 0 aliphatic carbocycles. The molecule has 4 heteroatoms. The molecule has 1 heterocycles. The van der Waals surface area contributed by atoms with Crippen LogP contribution in [0.15, 0.2) is 48.7 Å². The van der Waals surface area contributed by atoms with Gasteiger partial charge in [0.15, 0.2) is 5.78 Å². The van der Waals surface area contributed by atoms with Gasteiger partial charge in [-0.25, -0.2) is 4.98 Å². The Hall–Kier alpha value is -2.67. The monoisotopic (exact) mass is 265 g/mol. The summed E-state index contributed by atoms with van der Waals surface area (Å²) < 4.78 is 0. The van der Waals surface area contributed by atoms with Crippen molar-refractivity contribution in [3.63, 3.8) is 0 Å². The summed E-state index contributed by atoms with van der Waals surface area (Å²) in [4.78, 5) is 17.6. The lowest BCUT2D eigenvalue weighted by molar-refractivity contribution is 0.101. The van der Waals surface area contributed by atoms with Gasteiger partial charge in [-0.05, 0) is 31.2 Å². The number of para-hydroxylation sites is 1. The molecule has 0 unspecified atom stereocenters. The van der Waals surface area contributed by atoms with Crippen molar-refractivity contribution in [1.82, 2.24) is 4.98 Å². The first-order chi connectivity index (χ1) is 9.72. The third kappa shape index (κ3) is 3.21. The van der Waals surface area contributed by atoms with Crippen LogP contribution in [-0.4, -0.2) is 17.3 Å². The van der Waals surface area contributed by atoms with Gasteiger partial charge in [0.05, 0.1) is 12.5 Å². The molecule has 0 amide bonds. The first kappa shape index (κ1) is 13.8. The third-order valence-electron chi connectivity index (χ3n) is 2.95. The summed E-state index contributed by atoms with van der Waals surface area (Å²) in [6, 6.07) is 15.5. The maximum absolute atomic E-state index is 11.3. The Morgan fingerprint density at radius 3 is 2.55 bits per heavy atom. The van der Waals surface area contributed by atoms with Gasteiger partial charge in [0.2, 0.25) is 0 Å². The maximum Gasteiger partial charge on any atom is 0.161 e. The smallest absolute Gasteiger partial charge is 0.161 e. The highest BCUT2D eigenvalue weighted by Crippen LogP contribution is 2.23. The number of Topliss-reactive ketones (excluding diaryl/α,β-unsaturated/α-hetero) is 1. The number of aromatic nitrogens is 1. The van der Waals surface area contributed by atoms with Crippen LogP contribution in [0, 0.1) is 11.3 Å². The first-order valence-corrected chi connectivity index (χ1v) is 6.39. The van der Waals surface area contributed by atoms with Crippen LogP contribution < -0.4 is 4.90 Å². The SMILES string of the molecule is CC(=O)c1ccc(N(CCC#N)c2ccccc2)nc1. The molecule has 0 radical (unpaired) electrons. The van der Waals surface area contributed by atoms with Gasteiger partial charge < -0.3 is 4.90 Å². The Bertz CT molecular complexity index is 614. The van der Waals surface area contributed by atoms with Crippen LogP contribution in [0.2, 0.25) is 0 Å². The highest BCUT2D eigenvalue weighted by Gasteiger charge is 2.10. The average molecular weight is 265 g/mol. The summed E-state index contributed by atoms with van der Waals surface area (Å²) in [5.74, 6) is 0.726. The Kier molecular flexibility index (Phi) is 4.46. The number of carbonyl (C=O) groups excluding carboxylic acids is 1. The number of benzene rings is 1. The summed E-state index contributed by atoms with van der Waals surface area (Å²) in [7, 11) is 0. The van der Waals surface area contributed by atoms with E-state index in [2.05, 4.69) is 11.1 Å². The zero-order valence-corrected chi connectivity index (χ0v) is 11.3. The fourth-order valence-corrected chi connectivity index (χ4v) is 1.90. The zero-order chi connectivity index (χ0) is 14.4. The molecule has 0 aliphatic heterocycles. The van der Waals surface area contributed by atoms with E-state index in [0.717, 1.165) is 11.5 Å². The van der Waals surface area contributed by atoms with Crippen LogP contribution in [0.3, 0.4) is 0 Å². The maximum atomic E-state index is 11.3. The summed E-state index contributed by atoms with van der Waals surface area (Å²) >= 11 is 0. The molecule has 0 N–H and O–H groups in total. The molecule has 0 bridgehead atoms. The number of carbonyl (C=O) groups is 1. The van der Waals surface area contributed by atoms with E-state index in [9.17, 15) is 4.79 Å². The minimum atomic E-state index is -0.00710. The van der Waals surface area contributed by atoms with E-state index in [4.69, 9.17) is 5.26 Å². The molecule has 0 saturated carbocycles. The molecule has 20 heavy (non-hydrogen) atoms. The van der Waals surface area contributed by atoms with Gasteiger partial charge in [-0.2, -0.15) is 5.26 Å². The van der Waals surface area contributed by atoms with E-state index in [1.807, 2.05) is 35.2 Å². The highest BCUT2D eigenvalue weighted by molar-refractivity contribution is 5.93. The topological polar surface area (TPSA) is 57.0 Å². The third-order valence-corrected chi connectivity index (χ3v) is 2.95. The minimum Gasteiger partial charge on any atom is -0.325 e. The lowest BCUT2D eigenvalue weighted by Crippen LogP contribution is -2.19. The molecule has 0 fully saturated rings. The molecule has 100 valence electrons. The van der Waals surface area contributed by atoms with Gasteiger partial charge in [0.1, 0.15) is 5.82 Å². The van der Waals surface area contributed by atoms with Crippen LogP contribution in [-0.2, 0) is 0 Å². The number of pyridine rings is 1. The van der Waals surface area contributed by atoms with Crippen molar-refractivity contribution >= 4 is 17.3 Å². The van der Waals surface area contributed by atoms with Gasteiger partial charge in [0.25, 0.3) is 0 Å². The Morgan fingerprint density at radius 1 is 1.25 bits per heavy atom. The van der Waals surface area contributed by atoms with Crippen molar-refractivity contribution < 1.29 is 4.79 Å². The highest BCUT2D eigenvalue weighted by atomic mass is 16.1. The van der Waals surface area contributed by atoms with Gasteiger partial charge in [-0.15, -0.1) is 0 Å². The van der Waals surface area contributed by atoms with E-state index in [-0.39, 0.29) is 5.78 Å². The lowest BCUT2D eigenvalue weighted by atomic mass is 10.2. The first-order valence-electron chi connectivity index (χ1n) is 6.39. The van der Waals surface area contributed by atoms with Gasteiger partial charge in [0, 0.05) is 24.0 Å². The standard InChI is InChI=1S/C16H15N3O/c1-13(20)14-8-9-16(18-12-14)19(11-5-10-17)15-6-3-2-4-7-15/h2-4,6-9,12H,5,11H2,1H3. The van der Waals surface area contributed by atoms with E-state index < -0.39 is 0 Å². The van der Waals surface area contributed by atoms with Gasteiger partial charge in [-0.3, -0.25) is 4.79 Å².